The molecule has 0 spiro atoms. The molecule has 1 aromatic rings. The fourth-order valence-corrected chi connectivity index (χ4v) is 2.82. The molecule has 0 heterocycles. The van der Waals surface area contributed by atoms with Crippen LogP contribution < -0.4 is 15.8 Å². The van der Waals surface area contributed by atoms with Crippen LogP contribution in [0.25, 0.3) is 12.8 Å². The van der Waals surface area contributed by atoms with Crippen LogP contribution in [0.1, 0.15) is 49.0 Å². The SMILES string of the molecule is C=c1ccc(C(=O)NCCOC2CC2)c(C)/c1=C/N(C)CC(C)CC. The highest BCUT2D eigenvalue weighted by Crippen LogP contribution is 2.22. The quantitative estimate of drug-likeness (QED) is 0.697. The smallest absolute Gasteiger partial charge is 0.251 e. The van der Waals surface area contributed by atoms with Gasteiger partial charge in [0.15, 0.2) is 0 Å². The van der Waals surface area contributed by atoms with Crippen LogP contribution in [0.2, 0.25) is 0 Å². The molecule has 2 rings (SSSR count). The van der Waals surface area contributed by atoms with Crippen LogP contribution in [0.15, 0.2) is 12.1 Å². The number of rotatable bonds is 9. The zero-order chi connectivity index (χ0) is 18.4. The van der Waals surface area contributed by atoms with E-state index in [0.717, 1.165) is 41.8 Å². The van der Waals surface area contributed by atoms with Gasteiger partial charge in [0.25, 0.3) is 5.91 Å². The molecule has 1 aliphatic carbocycles. The lowest BCUT2D eigenvalue weighted by atomic mass is 10.0. The van der Waals surface area contributed by atoms with E-state index in [1.54, 1.807) is 0 Å². The van der Waals surface area contributed by atoms with Gasteiger partial charge in [0.2, 0.25) is 0 Å². The van der Waals surface area contributed by atoms with Crippen LogP contribution in [0.3, 0.4) is 0 Å². The lowest BCUT2D eigenvalue weighted by Gasteiger charge is -2.19. The van der Waals surface area contributed by atoms with Crippen LogP contribution in [-0.4, -0.2) is 43.7 Å². The summed E-state index contributed by atoms with van der Waals surface area (Å²) < 4.78 is 5.57. The topological polar surface area (TPSA) is 41.6 Å². The number of nitrogens with zero attached hydrogens (tertiary/aromatic N) is 1. The van der Waals surface area contributed by atoms with Gasteiger partial charge in [0.1, 0.15) is 0 Å². The fourth-order valence-electron chi connectivity index (χ4n) is 2.82. The monoisotopic (exact) mass is 344 g/mol. The fraction of sp³-hybridized carbons (Fsp3) is 0.571. The summed E-state index contributed by atoms with van der Waals surface area (Å²) in [6, 6.07) is 3.78. The molecule has 4 nitrogen and oxygen atoms in total. The molecule has 1 saturated carbocycles. The van der Waals surface area contributed by atoms with Crippen molar-refractivity contribution >= 4 is 18.7 Å². The van der Waals surface area contributed by atoms with Gasteiger partial charge in [-0.25, -0.2) is 0 Å². The van der Waals surface area contributed by atoms with Gasteiger partial charge in [-0.3, -0.25) is 4.79 Å². The Morgan fingerprint density at radius 1 is 1.48 bits per heavy atom. The van der Waals surface area contributed by atoms with Crippen molar-refractivity contribution in [3.63, 3.8) is 0 Å². The average Bonchev–Trinajstić information content (AvgIpc) is 3.39. The molecule has 1 aromatic carbocycles. The molecule has 0 aromatic heterocycles. The van der Waals surface area contributed by atoms with E-state index in [2.05, 4.69) is 43.9 Å². The second kappa shape index (κ2) is 9.04. The van der Waals surface area contributed by atoms with Crippen LogP contribution in [-0.2, 0) is 4.74 Å². The summed E-state index contributed by atoms with van der Waals surface area (Å²) in [4.78, 5) is 14.7. The number of hydrogen-bond acceptors (Lipinski definition) is 3. The minimum atomic E-state index is -0.0453. The van der Waals surface area contributed by atoms with Gasteiger partial charge in [-0.15, -0.1) is 0 Å². The lowest BCUT2D eigenvalue weighted by Crippen LogP contribution is -2.35. The summed E-state index contributed by atoms with van der Waals surface area (Å²) in [6.07, 6.45) is 5.99. The molecular formula is C21H32N2O2. The number of nitrogens with one attached hydrogen (secondary N) is 1. The van der Waals surface area contributed by atoms with Crippen molar-refractivity contribution in [3.05, 3.63) is 33.7 Å². The van der Waals surface area contributed by atoms with E-state index in [-0.39, 0.29) is 5.91 Å². The maximum Gasteiger partial charge on any atom is 0.251 e. The molecule has 1 N–H and O–H groups in total. The third kappa shape index (κ3) is 5.89. The van der Waals surface area contributed by atoms with Crippen molar-refractivity contribution in [2.45, 2.75) is 46.1 Å². The molecule has 0 radical (unpaired) electrons. The van der Waals surface area contributed by atoms with Crippen molar-refractivity contribution in [1.29, 1.82) is 0 Å². The van der Waals surface area contributed by atoms with E-state index in [0.29, 0.717) is 30.7 Å². The van der Waals surface area contributed by atoms with E-state index in [1.165, 1.54) is 0 Å². The van der Waals surface area contributed by atoms with Gasteiger partial charge >= 0.3 is 0 Å². The van der Waals surface area contributed by atoms with Crippen LogP contribution in [0, 0.1) is 12.8 Å². The molecule has 4 heteroatoms. The van der Waals surface area contributed by atoms with Gasteiger partial charge in [-0.2, -0.15) is 0 Å². The van der Waals surface area contributed by atoms with E-state index in [1.807, 2.05) is 19.1 Å². The van der Waals surface area contributed by atoms with Gasteiger partial charge in [0.05, 0.1) is 12.7 Å². The maximum atomic E-state index is 12.5. The Labute approximate surface area is 151 Å². The Hall–Kier alpha value is -1.81. The molecule has 25 heavy (non-hydrogen) atoms. The Balaban J connectivity index is 2.08. The Bertz CT molecular complexity index is 695. The number of amides is 1. The van der Waals surface area contributed by atoms with Crippen molar-refractivity contribution < 1.29 is 9.53 Å². The first kappa shape index (κ1) is 19.5. The minimum Gasteiger partial charge on any atom is -0.380 e. The summed E-state index contributed by atoms with van der Waals surface area (Å²) in [5.74, 6) is 0.587. The zero-order valence-corrected chi connectivity index (χ0v) is 16.1. The molecule has 1 aliphatic rings. The average molecular weight is 344 g/mol. The molecule has 138 valence electrons. The van der Waals surface area contributed by atoms with Gasteiger partial charge in [-0.1, -0.05) is 32.9 Å². The number of carbonyl (C=O) groups is 1. The molecule has 0 bridgehead atoms. The summed E-state index contributed by atoms with van der Waals surface area (Å²) in [6.45, 7) is 12.7. The largest absolute Gasteiger partial charge is 0.380 e. The second-order valence-electron chi connectivity index (χ2n) is 7.22. The highest BCUT2D eigenvalue weighted by molar-refractivity contribution is 5.95. The van der Waals surface area contributed by atoms with E-state index in [9.17, 15) is 4.79 Å². The van der Waals surface area contributed by atoms with Crippen molar-refractivity contribution in [3.8, 4) is 0 Å². The normalized spacial score (nSPS) is 15.9. The molecule has 1 unspecified atom stereocenters. The zero-order valence-electron chi connectivity index (χ0n) is 16.1. The van der Waals surface area contributed by atoms with E-state index < -0.39 is 0 Å². The Morgan fingerprint density at radius 3 is 2.84 bits per heavy atom. The van der Waals surface area contributed by atoms with Gasteiger partial charge in [0, 0.05) is 37.1 Å². The predicted molar refractivity (Wildman–Crippen MR) is 104 cm³/mol. The molecule has 0 aliphatic heterocycles. The standard InChI is InChI=1S/C21H32N2O2/c1-6-15(2)13-23(5)14-20-16(3)7-10-19(17(20)4)21(24)22-11-12-25-18-8-9-18/h7,10,14-15,18H,3,6,8-9,11-13H2,1-2,4-5H3,(H,22,24)/b20-14+. The highest BCUT2D eigenvalue weighted by atomic mass is 16.5. The molecule has 1 atom stereocenters. The van der Waals surface area contributed by atoms with E-state index >= 15 is 0 Å². The highest BCUT2D eigenvalue weighted by Gasteiger charge is 2.21. The number of hydrogen-bond donors (Lipinski definition) is 1. The Kier molecular flexibility index (Phi) is 7.06. The number of carbonyl (C=O) groups excluding carboxylic acids is 1. The maximum absolute atomic E-state index is 12.5. The summed E-state index contributed by atoms with van der Waals surface area (Å²) in [5.41, 5.74) is 1.69. The molecular weight excluding hydrogens is 312 g/mol. The minimum absolute atomic E-state index is 0.0453. The molecule has 0 saturated heterocycles. The van der Waals surface area contributed by atoms with E-state index in [4.69, 9.17) is 4.74 Å². The van der Waals surface area contributed by atoms with Crippen molar-refractivity contribution in [1.82, 2.24) is 10.2 Å². The second-order valence-corrected chi connectivity index (χ2v) is 7.22. The van der Waals surface area contributed by atoms with Crippen LogP contribution >= 0.6 is 0 Å². The summed E-state index contributed by atoms with van der Waals surface area (Å²) >= 11 is 0. The van der Waals surface area contributed by atoms with Crippen LogP contribution in [0.5, 0.6) is 0 Å². The van der Waals surface area contributed by atoms with Crippen LogP contribution in [0.4, 0.5) is 0 Å². The third-order valence-corrected chi connectivity index (χ3v) is 4.76. The molecule has 1 fully saturated rings. The number of benzene rings is 1. The summed E-state index contributed by atoms with van der Waals surface area (Å²) in [7, 11) is 2.08. The first-order valence-electron chi connectivity index (χ1n) is 9.32. The summed E-state index contributed by atoms with van der Waals surface area (Å²) in [5, 5.41) is 4.93. The molecule has 1 amide bonds. The van der Waals surface area contributed by atoms with Crippen molar-refractivity contribution in [2.75, 3.05) is 26.7 Å². The lowest BCUT2D eigenvalue weighted by molar-refractivity contribution is 0.0898. The first-order valence-corrected chi connectivity index (χ1v) is 9.32. The van der Waals surface area contributed by atoms with Gasteiger partial charge in [-0.05, 0) is 42.5 Å². The van der Waals surface area contributed by atoms with Gasteiger partial charge < -0.3 is 15.0 Å². The Morgan fingerprint density at radius 2 is 2.20 bits per heavy atom. The number of ether oxygens (including phenoxy) is 1. The predicted octanol–water partition coefficient (Wildman–Crippen LogP) is 2.03. The first-order chi connectivity index (χ1) is 11.9. The van der Waals surface area contributed by atoms with Crippen molar-refractivity contribution in [2.24, 2.45) is 5.92 Å². The third-order valence-electron chi connectivity index (χ3n) is 4.76.